The summed E-state index contributed by atoms with van der Waals surface area (Å²) in [5.74, 6) is -0.653. The van der Waals surface area contributed by atoms with Gasteiger partial charge in [-0.25, -0.2) is 0 Å². The summed E-state index contributed by atoms with van der Waals surface area (Å²) in [5, 5.41) is 11.5. The van der Waals surface area contributed by atoms with Crippen molar-refractivity contribution in [1.29, 1.82) is 0 Å². The van der Waals surface area contributed by atoms with E-state index in [4.69, 9.17) is 21.1 Å². The molecule has 1 aliphatic heterocycles. The van der Waals surface area contributed by atoms with Gasteiger partial charge in [-0.3, -0.25) is 9.59 Å². The summed E-state index contributed by atoms with van der Waals surface area (Å²) in [6, 6.07) is 11.2. The van der Waals surface area contributed by atoms with Crippen LogP contribution in [0.5, 0.6) is 11.5 Å². The van der Waals surface area contributed by atoms with Crippen LogP contribution in [0.25, 0.3) is 5.76 Å². The number of carbonyl (C=O) groups is 2. The van der Waals surface area contributed by atoms with Crippen LogP contribution in [0.2, 0.25) is 5.02 Å². The zero-order valence-electron chi connectivity index (χ0n) is 18.8. The number of aliphatic hydroxyl groups excluding tert-OH is 1. The van der Waals surface area contributed by atoms with E-state index >= 15 is 0 Å². The van der Waals surface area contributed by atoms with E-state index in [0.29, 0.717) is 36.8 Å². The number of carbonyl (C=O) groups excluding carboxylic acids is 2. The largest absolute Gasteiger partial charge is 0.507 e. The second kappa shape index (κ2) is 11.1. The van der Waals surface area contributed by atoms with Crippen molar-refractivity contribution in [1.82, 2.24) is 4.90 Å². The molecule has 1 fully saturated rings. The lowest BCUT2D eigenvalue weighted by Crippen LogP contribution is -2.30. The van der Waals surface area contributed by atoms with Crippen molar-refractivity contribution >= 4 is 29.1 Å². The normalized spacial score (nSPS) is 17.3. The molecule has 0 spiro atoms. The first kappa shape index (κ1) is 24.4. The van der Waals surface area contributed by atoms with E-state index in [1.807, 2.05) is 19.9 Å². The predicted octanol–water partition coefficient (Wildman–Crippen LogP) is 5.53. The molecule has 1 N–H and O–H groups in total. The molecule has 1 aliphatic rings. The van der Waals surface area contributed by atoms with Gasteiger partial charge < -0.3 is 19.5 Å². The van der Waals surface area contributed by atoms with Crippen LogP contribution in [0, 0.1) is 0 Å². The number of nitrogens with zero attached hydrogens (tertiary/aromatic N) is 1. The van der Waals surface area contributed by atoms with Gasteiger partial charge in [-0.2, -0.15) is 0 Å². The van der Waals surface area contributed by atoms with Gasteiger partial charge >= 0.3 is 0 Å². The smallest absolute Gasteiger partial charge is 0.295 e. The Kier molecular flexibility index (Phi) is 8.17. The van der Waals surface area contributed by atoms with Gasteiger partial charge in [0.05, 0.1) is 23.2 Å². The fourth-order valence-corrected chi connectivity index (χ4v) is 4.01. The van der Waals surface area contributed by atoms with Gasteiger partial charge in [0, 0.05) is 12.1 Å². The SMILES string of the molecule is C=CCOc1cccc(C2/C(=C(\O)c3cc(OCC)ccc3Cl)C(=O)C(=O)N2CCCC)c1. The minimum Gasteiger partial charge on any atom is -0.507 e. The third-order valence-corrected chi connectivity index (χ3v) is 5.67. The number of aliphatic hydroxyl groups is 1. The summed E-state index contributed by atoms with van der Waals surface area (Å²) in [4.78, 5) is 27.6. The Balaban J connectivity index is 2.17. The molecule has 7 heteroatoms. The maximum Gasteiger partial charge on any atom is 0.295 e. The predicted molar refractivity (Wildman–Crippen MR) is 129 cm³/mol. The molecule has 2 aromatic rings. The van der Waals surface area contributed by atoms with E-state index in [1.165, 1.54) is 4.90 Å². The zero-order valence-corrected chi connectivity index (χ0v) is 19.6. The Hall–Kier alpha value is -3.25. The van der Waals surface area contributed by atoms with E-state index in [-0.39, 0.29) is 21.9 Å². The number of unbranched alkanes of at least 4 members (excludes halogenated alkanes) is 1. The molecule has 2 aromatic carbocycles. The van der Waals surface area contributed by atoms with Crippen LogP contribution in [0.15, 0.2) is 60.7 Å². The first-order chi connectivity index (χ1) is 15.9. The minimum atomic E-state index is -0.768. The number of hydrogen-bond acceptors (Lipinski definition) is 5. The summed E-state index contributed by atoms with van der Waals surface area (Å²) in [7, 11) is 0. The molecule has 0 bridgehead atoms. The van der Waals surface area contributed by atoms with Crippen LogP contribution in [-0.4, -0.2) is 41.5 Å². The van der Waals surface area contributed by atoms with Crippen LogP contribution in [0.1, 0.15) is 43.9 Å². The molecule has 6 nitrogen and oxygen atoms in total. The van der Waals surface area contributed by atoms with Crippen molar-refractivity contribution in [2.75, 3.05) is 19.8 Å². The monoisotopic (exact) mass is 469 g/mol. The number of hydrogen-bond donors (Lipinski definition) is 1. The quantitative estimate of drug-likeness (QED) is 0.214. The second-order valence-corrected chi connectivity index (χ2v) is 8.00. The van der Waals surface area contributed by atoms with Gasteiger partial charge in [0.25, 0.3) is 11.7 Å². The highest BCUT2D eigenvalue weighted by Crippen LogP contribution is 2.41. The van der Waals surface area contributed by atoms with Crippen molar-refractivity contribution in [3.05, 3.63) is 76.8 Å². The molecule has 1 unspecified atom stereocenters. The second-order valence-electron chi connectivity index (χ2n) is 7.59. The third-order valence-electron chi connectivity index (χ3n) is 5.34. The minimum absolute atomic E-state index is 0.00692. The number of halogens is 1. The summed E-state index contributed by atoms with van der Waals surface area (Å²) in [6.45, 7) is 8.64. The van der Waals surface area contributed by atoms with Crippen molar-refractivity contribution in [3.63, 3.8) is 0 Å². The van der Waals surface area contributed by atoms with Gasteiger partial charge in [0.1, 0.15) is 23.9 Å². The van der Waals surface area contributed by atoms with Gasteiger partial charge in [-0.15, -0.1) is 0 Å². The Morgan fingerprint density at radius 1 is 1.15 bits per heavy atom. The average Bonchev–Trinajstić information content (AvgIpc) is 3.07. The van der Waals surface area contributed by atoms with Gasteiger partial charge in [-0.1, -0.05) is 49.7 Å². The topological polar surface area (TPSA) is 76.1 Å². The van der Waals surface area contributed by atoms with Gasteiger partial charge in [0.15, 0.2) is 0 Å². The van der Waals surface area contributed by atoms with Crippen molar-refractivity contribution in [2.45, 2.75) is 32.7 Å². The number of benzene rings is 2. The van der Waals surface area contributed by atoms with Crippen molar-refractivity contribution < 1.29 is 24.2 Å². The molecule has 174 valence electrons. The molecule has 1 heterocycles. The Morgan fingerprint density at radius 2 is 1.91 bits per heavy atom. The lowest BCUT2D eigenvalue weighted by atomic mass is 9.95. The van der Waals surface area contributed by atoms with E-state index in [9.17, 15) is 14.7 Å². The molecule has 0 radical (unpaired) electrons. The molecular formula is C26H28ClNO5. The molecule has 0 aromatic heterocycles. The van der Waals surface area contributed by atoms with Crippen LogP contribution < -0.4 is 9.47 Å². The van der Waals surface area contributed by atoms with Crippen LogP contribution in [0.4, 0.5) is 0 Å². The molecule has 0 aliphatic carbocycles. The lowest BCUT2D eigenvalue weighted by molar-refractivity contribution is -0.139. The van der Waals surface area contributed by atoms with E-state index in [0.717, 1.165) is 12.8 Å². The highest BCUT2D eigenvalue weighted by Gasteiger charge is 2.46. The Labute approximate surface area is 199 Å². The first-order valence-corrected chi connectivity index (χ1v) is 11.3. The lowest BCUT2D eigenvalue weighted by Gasteiger charge is -2.25. The van der Waals surface area contributed by atoms with E-state index in [1.54, 1.807) is 42.5 Å². The van der Waals surface area contributed by atoms with Gasteiger partial charge in [-0.05, 0) is 49.2 Å². The molecule has 1 amide bonds. The van der Waals surface area contributed by atoms with Crippen molar-refractivity contribution in [2.24, 2.45) is 0 Å². The van der Waals surface area contributed by atoms with Crippen LogP contribution >= 0.6 is 11.6 Å². The molecule has 1 atom stereocenters. The van der Waals surface area contributed by atoms with Gasteiger partial charge in [0.2, 0.25) is 0 Å². The summed E-state index contributed by atoms with van der Waals surface area (Å²) in [5.41, 5.74) is 0.887. The molecule has 3 rings (SSSR count). The number of amides is 1. The first-order valence-electron chi connectivity index (χ1n) is 11.0. The van der Waals surface area contributed by atoms with Crippen LogP contribution in [0.3, 0.4) is 0 Å². The van der Waals surface area contributed by atoms with Crippen molar-refractivity contribution in [3.8, 4) is 11.5 Å². The Morgan fingerprint density at radius 3 is 2.61 bits per heavy atom. The highest BCUT2D eigenvalue weighted by molar-refractivity contribution is 6.47. The zero-order chi connectivity index (χ0) is 24.0. The maximum absolute atomic E-state index is 13.1. The third kappa shape index (κ3) is 5.22. The fourth-order valence-electron chi connectivity index (χ4n) is 3.80. The number of rotatable bonds is 10. The van der Waals surface area contributed by atoms with E-state index < -0.39 is 17.7 Å². The fraction of sp³-hybridized carbons (Fsp3) is 0.308. The molecule has 0 saturated carbocycles. The number of likely N-dealkylation sites (tertiary alicyclic amines) is 1. The number of ether oxygens (including phenoxy) is 2. The number of Topliss-reactive ketones (excluding diaryl/α,β-unsaturated/α-hetero) is 1. The standard InChI is InChI=1S/C26H28ClNO5/c1-4-7-13-28-23(17-9-8-10-18(15-17)33-14-5-2)22(25(30)26(28)31)24(29)20-16-19(32-6-3)11-12-21(20)27/h5,8-12,15-16,23,29H,2,4,6-7,13-14H2,1,3H3/b24-22+. The summed E-state index contributed by atoms with van der Waals surface area (Å²) >= 11 is 6.36. The average molecular weight is 470 g/mol. The Bertz CT molecular complexity index is 1080. The van der Waals surface area contributed by atoms with E-state index in [2.05, 4.69) is 6.58 Å². The molecule has 1 saturated heterocycles. The number of ketones is 1. The summed E-state index contributed by atoms with van der Waals surface area (Å²) in [6.07, 6.45) is 3.20. The molecular weight excluding hydrogens is 442 g/mol. The highest BCUT2D eigenvalue weighted by atomic mass is 35.5. The molecule has 33 heavy (non-hydrogen) atoms. The summed E-state index contributed by atoms with van der Waals surface area (Å²) < 4.78 is 11.2. The maximum atomic E-state index is 13.1. The van der Waals surface area contributed by atoms with Crippen LogP contribution in [-0.2, 0) is 9.59 Å².